The van der Waals surface area contributed by atoms with Gasteiger partial charge < -0.3 is 5.11 Å². The maximum absolute atomic E-state index is 10.9. The molecule has 0 radical (unpaired) electrons. The molecule has 5 nitrogen and oxygen atoms in total. The van der Waals surface area contributed by atoms with E-state index >= 15 is 0 Å². The van der Waals surface area contributed by atoms with E-state index in [1.54, 1.807) is 12.4 Å². The van der Waals surface area contributed by atoms with Gasteiger partial charge in [-0.2, -0.15) is 0 Å². The molecule has 0 amide bonds. The highest BCUT2D eigenvalue weighted by molar-refractivity contribution is 5.87. The summed E-state index contributed by atoms with van der Waals surface area (Å²) in [7, 11) is 0. The standard InChI is InChI=1S/C14H9N3O2/c18-14(19)13-8-15-7-12(17-13)10-3-4-11-9(6-10)2-1-5-16-11/h1-8H,(H,18,19). The van der Waals surface area contributed by atoms with Crippen molar-refractivity contribution >= 4 is 16.9 Å². The molecule has 0 aliphatic carbocycles. The van der Waals surface area contributed by atoms with Crippen LogP contribution in [-0.2, 0) is 0 Å². The molecule has 5 heteroatoms. The van der Waals surface area contributed by atoms with Gasteiger partial charge in [0.05, 0.1) is 23.6 Å². The number of pyridine rings is 1. The van der Waals surface area contributed by atoms with Crippen molar-refractivity contribution in [3.05, 3.63) is 54.6 Å². The molecule has 2 aromatic heterocycles. The summed E-state index contributed by atoms with van der Waals surface area (Å²) in [6, 6.07) is 9.44. The normalized spacial score (nSPS) is 10.5. The van der Waals surface area contributed by atoms with E-state index in [0.717, 1.165) is 16.5 Å². The number of carboxylic acid groups (broad SMARTS) is 1. The van der Waals surface area contributed by atoms with Crippen LogP contribution in [-0.4, -0.2) is 26.0 Å². The van der Waals surface area contributed by atoms with Crippen LogP contribution in [0, 0.1) is 0 Å². The number of hydrogen-bond acceptors (Lipinski definition) is 4. The van der Waals surface area contributed by atoms with Gasteiger partial charge in [0.25, 0.3) is 0 Å². The van der Waals surface area contributed by atoms with E-state index in [1.165, 1.54) is 6.20 Å². The summed E-state index contributed by atoms with van der Waals surface area (Å²) in [6.45, 7) is 0. The lowest BCUT2D eigenvalue weighted by Gasteiger charge is -2.03. The second-order valence-corrected chi connectivity index (χ2v) is 4.01. The lowest BCUT2D eigenvalue weighted by Crippen LogP contribution is -2.01. The Kier molecular flexibility index (Phi) is 2.64. The summed E-state index contributed by atoms with van der Waals surface area (Å²) in [4.78, 5) is 23.1. The van der Waals surface area contributed by atoms with E-state index in [9.17, 15) is 4.79 Å². The van der Waals surface area contributed by atoms with Crippen molar-refractivity contribution in [2.75, 3.05) is 0 Å². The fourth-order valence-corrected chi connectivity index (χ4v) is 1.84. The van der Waals surface area contributed by atoms with E-state index in [-0.39, 0.29) is 5.69 Å². The van der Waals surface area contributed by atoms with Gasteiger partial charge in [0.1, 0.15) is 0 Å². The van der Waals surface area contributed by atoms with E-state index in [4.69, 9.17) is 5.11 Å². The second kappa shape index (κ2) is 4.45. The van der Waals surface area contributed by atoms with E-state index in [1.807, 2.05) is 30.3 Å². The number of aromatic nitrogens is 3. The highest BCUT2D eigenvalue weighted by Crippen LogP contribution is 2.21. The lowest BCUT2D eigenvalue weighted by molar-refractivity contribution is 0.0690. The monoisotopic (exact) mass is 251 g/mol. The number of carboxylic acids is 1. The molecule has 3 aromatic rings. The summed E-state index contributed by atoms with van der Waals surface area (Å²) in [5.74, 6) is -1.09. The van der Waals surface area contributed by atoms with Gasteiger partial charge in [-0.25, -0.2) is 9.78 Å². The first-order valence-electron chi connectivity index (χ1n) is 5.64. The van der Waals surface area contributed by atoms with Crippen LogP contribution in [0.5, 0.6) is 0 Å². The molecule has 92 valence electrons. The molecule has 19 heavy (non-hydrogen) atoms. The number of aromatic carboxylic acids is 1. The maximum atomic E-state index is 10.9. The number of nitrogens with zero attached hydrogens (tertiary/aromatic N) is 3. The van der Waals surface area contributed by atoms with Crippen LogP contribution in [0.2, 0.25) is 0 Å². The topological polar surface area (TPSA) is 76.0 Å². The van der Waals surface area contributed by atoms with E-state index in [0.29, 0.717) is 5.69 Å². The number of benzene rings is 1. The number of fused-ring (bicyclic) bond motifs is 1. The van der Waals surface area contributed by atoms with Crippen LogP contribution >= 0.6 is 0 Å². The van der Waals surface area contributed by atoms with Crippen molar-refractivity contribution in [3.8, 4) is 11.3 Å². The molecule has 0 saturated heterocycles. The zero-order valence-electron chi connectivity index (χ0n) is 9.82. The molecule has 0 spiro atoms. The third-order valence-corrected chi connectivity index (χ3v) is 2.75. The van der Waals surface area contributed by atoms with Crippen molar-refractivity contribution in [3.63, 3.8) is 0 Å². The van der Waals surface area contributed by atoms with Crippen molar-refractivity contribution in [1.82, 2.24) is 15.0 Å². The number of rotatable bonds is 2. The Bertz CT molecular complexity index is 771. The fourth-order valence-electron chi connectivity index (χ4n) is 1.84. The first kappa shape index (κ1) is 11.3. The zero-order chi connectivity index (χ0) is 13.2. The van der Waals surface area contributed by atoms with Gasteiger partial charge in [-0.3, -0.25) is 9.97 Å². The maximum Gasteiger partial charge on any atom is 0.356 e. The third kappa shape index (κ3) is 2.13. The molecule has 0 saturated carbocycles. The molecule has 1 aromatic carbocycles. The fraction of sp³-hybridized carbons (Fsp3) is 0. The number of hydrogen-bond donors (Lipinski definition) is 1. The largest absolute Gasteiger partial charge is 0.476 e. The summed E-state index contributed by atoms with van der Waals surface area (Å²) in [5, 5.41) is 9.89. The van der Waals surface area contributed by atoms with Crippen LogP contribution < -0.4 is 0 Å². The Morgan fingerprint density at radius 2 is 2.05 bits per heavy atom. The van der Waals surface area contributed by atoms with Crippen LogP contribution in [0.4, 0.5) is 0 Å². The molecule has 2 heterocycles. The minimum atomic E-state index is -1.09. The quantitative estimate of drug-likeness (QED) is 0.756. The summed E-state index contributed by atoms with van der Waals surface area (Å²) in [5.41, 5.74) is 2.17. The predicted molar refractivity (Wildman–Crippen MR) is 69.7 cm³/mol. The first-order chi connectivity index (χ1) is 9.24. The second-order valence-electron chi connectivity index (χ2n) is 4.01. The zero-order valence-corrected chi connectivity index (χ0v) is 9.82. The highest BCUT2D eigenvalue weighted by atomic mass is 16.4. The molecule has 0 aliphatic rings. The first-order valence-corrected chi connectivity index (χ1v) is 5.64. The summed E-state index contributed by atoms with van der Waals surface area (Å²) in [6.07, 6.45) is 4.51. The van der Waals surface area contributed by atoms with Gasteiger partial charge >= 0.3 is 5.97 Å². The van der Waals surface area contributed by atoms with Crippen molar-refractivity contribution in [2.24, 2.45) is 0 Å². The molecule has 0 fully saturated rings. The Balaban J connectivity index is 2.13. The minimum Gasteiger partial charge on any atom is -0.476 e. The van der Waals surface area contributed by atoms with Crippen molar-refractivity contribution in [1.29, 1.82) is 0 Å². The Hall–Kier alpha value is -2.82. The predicted octanol–water partition coefficient (Wildman–Crippen LogP) is 2.39. The van der Waals surface area contributed by atoms with Gasteiger partial charge in [-0.05, 0) is 18.2 Å². The molecular weight excluding hydrogens is 242 g/mol. The third-order valence-electron chi connectivity index (χ3n) is 2.75. The molecule has 0 unspecified atom stereocenters. The highest BCUT2D eigenvalue weighted by Gasteiger charge is 2.08. The number of carbonyl (C=O) groups is 1. The van der Waals surface area contributed by atoms with Gasteiger partial charge in [-0.15, -0.1) is 0 Å². The molecule has 3 rings (SSSR count). The molecule has 0 bridgehead atoms. The van der Waals surface area contributed by atoms with Gasteiger partial charge in [0, 0.05) is 17.1 Å². The Labute approximate surface area is 108 Å². The molecular formula is C14H9N3O2. The van der Waals surface area contributed by atoms with E-state index < -0.39 is 5.97 Å². The van der Waals surface area contributed by atoms with Crippen LogP contribution in [0.25, 0.3) is 22.2 Å². The van der Waals surface area contributed by atoms with Gasteiger partial charge in [0.2, 0.25) is 0 Å². The Morgan fingerprint density at radius 3 is 2.89 bits per heavy atom. The summed E-state index contributed by atoms with van der Waals surface area (Å²) >= 11 is 0. The van der Waals surface area contributed by atoms with Gasteiger partial charge in [-0.1, -0.05) is 12.1 Å². The van der Waals surface area contributed by atoms with Gasteiger partial charge in [0.15, 0.2) is 5.69 Å². The van der Waals surface area contributed by atoms with Crippen LogP contribution in [0.15, 0.2) is 48.9 Å². The summed E-state index contributed by atoms with van der Waals surface area (Å²) < 4.78 is 0. The Morgan fingerprint density at radius 1 is 1.16 bits per heavy atom. The van der Waals surface area contributed by atoms with Crippen molar-refractivity contribution in [2.45, 2.75) is 0 Å². The molecule has 1 N–H and O–H groups in total. The lowest BCUT2D eigenvalue weighted by atomic mass is 10.1. The smallest absolute Gasteiger partial charge is 0.356 e. The van der Waals surface area contributed by atoms with E-state index in [2.05, 4.69) is 15.0 Å². The molecule has 0 aliphatic heterocycles. The SMILES string of the molecule is O=C(O)c1cncc(-c2ccc3ncccc3c2)n1. The molecule has 0 atom stereocenters. The average Bonchev–Trinajstić information content (AvgIpc) is 2.47. The minimum absolute atomic E-state index is 0.0659. The van der Waals surface area contributed by atoms with Crippen molar-refractivity contribution < 1.29 is 9.90 Å². The van der Waals surface area contributed by atoms with Crippen LogP contribution in [0.3, 0.4) is 0 Å². The average molecular weight is 251 g/mol. The van der Waals surface area contributed by atoms with Crippen LogP contribution in [0.1, 0.15) is 10.5 Å².